The molecule has 0 aromatic rings. The Morgan fingerprint density at radius 2 is 0.714 bits per heavy atom. The van der Waals surface area contributed by atoms with E-state index in [0.717, 1.165) is 2.30 Å². The minimum atomic E-state index is -1.02. The summed E-state index contributed by atoms with van der Waals surface area (Å²) in [5.41, 5.74) is 0. The van der Waals surface area contributed by atoms with Crippen LogP contribution in [-0.4, -0.2) is 46.7 Å². The molecule has 0 spiro atoms. The van der Waals surface area contributed by atoms with Crippen molar-refractivity contribution in [3.63, 3.8) is 0 Å². The molecule has 0 aromatic carbocycles. The molecule has 0 amide bonds. The molecule has 0 aliphatic carbocycles. The molecule has 83 valence electrons. The molecule has 0 rings (SSSR count). The fraction of sp³-hybridized carbons (Fsp3) is 1.00. The summed E-state index contributed by atoms with van der Waals surface area (Å²) < 4.78 is 0.819. The van der Waals surface area contributed by atoms with Gasteiger partial charge >= 0.3 is 108 Å². The van der Waals surface area contributed by atoms with Gasteiger partial charge in [-0.1, -0.05) is 0 Å². The van der Waals surface area contributed by atoms with E-state index in [1.807, 2.05) is 22.5 Å². The van der Waals surface area contributed by atoms with E-state index >= 15 is 0 Å². The molecule has 0 heterocycles. The van der Waals surface area contributed by atoms with Gasteiger partial charge in [-0.25, -0.2) is 0 Å². The molecule has 0 N–H and O–H groups in total. The van der Waals surface area contributed by atoms with E-state index in [4.69, 9.17) is 0 Å². The van der Waals surface area contributed by atoms with Gasteiger partial charge in [-0.05, 0) is 0 Å². The van der Waals surface area contributed by atoms with Crippen LogP contribution in [0.15, 0.2) is 0 Å². The van der Waals surface area contributed by atoms with Gasteiger partial charge in [-0.3, -0.25) is 0 Å². The van der Waals surface area contributed by atoms with Crippen molar-refractivity contribution in [3.05, 3.63) is 0 Å². The Labute approximate surface area is 107 Å². The summed E-state index contributed by atoms with van der Waals surface area (Å²) in [5.74, 6) is 0. The van der Waals surface area contributed by atoms with Crippen LogP contribution in [0.5, 0.6) is 0 Å². The van der Waals surface area contributed by atoms with E-state index < -0.39 is 24.2 Å². The first-order valence-electron chi connectivity index (χ1n) is 5.50. The van der Waals surface area contributed by atoms with Crippen LogP contribution in [0.1, 0.15) is 0 Å². The molecule has 0 bridgehead atoms. The molecular weight excluding hydrogens is 323 g/mol. The van der Waals surface area contributed by atoms with Crippen molar-refractivity contribution in [1.29, 1.82) is 0 Å². The monoisotopic (exact) mass is 351 g/mol. The van der Waals surface area contributed by atoms with Crippen molar-refractivity contribution in [1.82, 2.24) is 0 Å². The summed E-state index contributed by atoms with van der Waals surface area (Å²) in [6.45, 7) is 23.4. The molecule has 0 aromatic heterocycles. The molecule has 0 aliphatic rings. The standard InChI is InChI=1S/C10H27Si3.Sn/c1-11(2,3)10(12(4,5)6)13(7,8)9;/h1-9H3;. The van der Waals surface area contributed by atoms with Crippen molar-refractivity contribution in [2.45, 2.75) is 61.2 Å². The van der Waals surface area contributed by atoms with E-state index in [9.17, 15) is 0 Å². The molecule has 0 saturated heterocycles. The third kappa shape index (κ3) is 2.58. The van der Waals surface area contributed by atoms with E-state index in [-0.39, 0.29) is 0 Å². The minimum absolute atomic E-state index is 0.819. The quantitative estimate of drug-likeness (QED) is 0.677. The van der Waals surface area contributed by atoms with E-state index in [1.54, 1.807) is 0 Å². The van der Waals surface area contributed by atoms with Gasteiger partial charge in [0.05, 0.1) is 0 Å². The first kappa shape index (κ1) is 15.4. The van der Waals surface area contributed by atoms with Crippen LogP contribution >= 0.6 is 0 Å². The van der Waals surface area contributed by atoms with Crippen molar-refractivity contribution < 1.29 is 0 Å². The SMILES string of the molecule is C[Si](C)(C)[C]([Sn])([Si](C)(C)C)[Si](C)(C)C. The first-order valence-corrected chi connectivity index (χ1v) is 17.4. The predicted molar refractivity (Wildman–Crippen MR) is 78.5 cm³/mol. The van der Waals surface area contributed by atoms with Gasteiger partial charge in [0.1, 0.15) is 0 Å². The number of hydrogen-bond acceptors (Lipinski definition) is 0. The maximum atomic E-state index is 2.60. The zero-order chi connectivity index (χ0) is 12.0. The average molecular weight is 350 g/mol. The third-order valence-electron chi connectivity index (χ3n) is 3.38. The van der Waals surface area contributed by atoms with Crippen LogP contribution in [0, 0.1) is 0 Å². The van der Waals surface area contributed by atoms with Gasteiger partial charge < -0.3 is 0 Å². The summed E-state index contributed by atoms with van der Waals surface area (Å²) in [4.78, 5) is 0. The van der Waals surface area contributed by atoms with Crippen LogP contribution in [-0.2, 0) is 0 Å². The van der Waals surface area contributed by atoms with Gasteiger partial charge in [0.15, 0.2) is 0 Å². The van der Waals surface area contributed by atoms with E-state index in [1.165, 1.54) is 0 Å². The van der Waals surface area contributed by atoms with Gasteiger partial charge in [0.25, 0.3) is 0 Å². The molecule has 0 unspecified atom stereocenters. The Hall–Kier alpha value is 1.45. The van der Waals surface area contributed by atoms with Crippen molar-refractivity contribution in [2.24, 2.45) is 0 Å². The van der Waals surface area contributed by atoms with Crippen molar-refractivity contribution in [3.8, 4) is 0 Å². The predicted octanol–water partition coefficient (Wildman–Crippen LogP) is 3.95. The zero-order valence-electron chi connectivity index (χ0n) is 11.5. The Balaban J connectivity index is 5.54. The second kappa shape index (κ2) is 4.04. The van der Waals surface area contributed by atoms with Gasteiger partial charge in [-0.15, -0.1) is 0 Å². The molecule has 0 saturated carbocycles. The zero-order valence-corrected chi connectivity index (χ0v) is 17.4. The first-order chi connectivity index (χ1) is 5.75. The fourth-order valence-corrected chi connectivity index (χ4v) is 30.4. The van der Waals surface area contributed by atoms with Gasteiger partial charge in [0.2, 0.25) is 0 Å². The van der Waals surface area contributed by atoms with Crippen molar-refractivity contribution >= 4 is 46.7 Å². The van der Waals surface area contributed by atoms with E-state index in [0.29, 0.717) is 0 Å². The third-order valence-corrected chi connectivity index (χ3v) is 42.9. The summed E-state index contributed by atoms with van der Waals surface area (Å²) in [6.07, 6.45) is 0. The summed E-state index contributed by atoms with van der Waals surface area (Å²) >= 11 is 1.85. The van der Waals surface area contributed by atoms with Crippen LogP contribution in [0.4, 0.5) is 0 Å². The molecule has 0 fully saturated rings. The Morgan fingerprint density at radius 3 is 0.714 bits per heavy atom. The second-order valence-corrected chi connectivity index (χ2v) is 31.2. The molecule has 0 atom stereocenters. The van der Waals surface area contributed by atoms with E-state index in [2.05, 4.69) is 58.9 Å². The molecule has 3 radical (unpaired) electrons. The van der Waals surface area contributed by atoms with Crippen LogP contribution in [0.3, 0.4) is 0 Å². The molecule has 0 aliphatic heterocycles. The Bertz CT molecular complexity index is 169. The normalized spacial score (nSPS) is 15.9. The molecular formula is C10H27Si3Sn. The molecule has 0 nitrogen and oxygen atoms in total. The Morgan fingerprint density at radius 1 is 0.571 bits per heavy atom. The number of hydrogen-bond donors (Lipinski definition) is 0. The number of rotatable bonds is 3. The Kier molecular flexibility index (Phi) is 4.45. The van der Waals surface area contributed by atoms with Crippen LogP contribution in [0.25, 0.3) is 0 Å². The topological polar surface area (TPSA) is 0 Å². The van der Waals surface area contributed by atoms with Gasteiger partial charge in [-0.2, -0.15) is 0 Å². The summed E-state index contributed by atoms with van der Waals surface area (Å²) in [5, 5.41) is 0. The molecule has 14 heavy (non-hydrogen) atoms. The van der Waals surface area contributed by atoms with Crippen LogP contribution in [0.2, 0.25) is 61.2 Å². The summed E-state index contributed by atoms with van der Waals surface area (Å²) in [7, 11) is -3.05. The van der Waals surface area contributed by atoms with Crippen LogP contribution < -0.4 is 0 Å². The average Bonchev–Trinajstić information content (AvgIpc) is 1.77. The summed E-state index contributed by atoms with van der Waals surface area (Å²) in [6, 6.07) is 0. The van der Waals surface area contributed by atoms with Crippen molar-refractivity contribution in [2.75, 3.05) is 0 Å². The fourth-order valence-electron chi connectivity index (χ4n) is 3.38. The second-order valence-electron chi connectivity index (χ2n) is 7.50. The molecule has 4 heteroatoms. The maximum absolute atomic E-state index is 2.60. The van der Waals surface area contributed by atoms with Gasteiger partial charge in [0, 0.05) is 0 Å².